The van der Waals surface area contributed by atoms with Gasteiger partial charge in [0.2, 0.25) is 0 Å². The third-order valence-corrected chi connectivity index (χ3v) is 7.25. The van der Waals surface area contributed by atoms with Crippen LogP contribution in [0.2, 0.25) is 0 Å². The SMILES string of the molecule is COc1ccc(C(=O)CSc2ncnc3sc4c(c23)CC[C@H](C)C4)cc1OC. The highest BCUT2D eigenvalue weighted by Gasteiger charge is 2.23. The first-order valence-electron chi connectivity index (χ1n) is 9.24. The molecule has 1 aliphatic rings. The Morgan fingerprint density at radius 2 is 2.07 bits per heavy atom. The number of carbonyl (C=O) groups is 1. The van der Waals surface area contributed by atoms with Crippen molar-refractivity contribution in [1.82, 2.24) is 9.97 Å². The number of nitrogens with zero attached hydrogens (tertiary/aromatic N) is 2. The fourth-order valence-electron chi connectivity index (χ4n) is 3.58. The van der Waals surface area contributed by atoms with Crippen LogP contribution in [-0.4, -0.2) is 35.7 Å². The Morgan fingerprint density at radius 3 is 2.86 bits per heavy atom. The minimum Gasteiger partial charge on any atom is -0.493 e. The van der Waals surface area contributed by atoms with Gasteiger partial charge in [-0.05, 0) is 48.9 Å². The van der Waals surface area contributed by atoms with Gasteiger partial charge < -0.3 is 9.47 Å². The number of fused-ring (bicyclic) bond motifs is 3. The van der Waals surface area contributed by atoms with Gasteiger partial charge in [-0.1, -0.05) is 18.7 Å². The van der Waals surface area contributed by atoms with E-state index in [1.165, 1.54) is 28.6 Å². The van der Waals surface area contributed by atoms with Gasteiger partial charge in [-0.3, -0.25) is 4.79 Å². The average molecular weight is 415 g/mol. The van der Waals surface area contributed by atoms with E-state index in [2.05, 4.69) is 16.9 Å². The zero-order valence-corrected chi connectivity index (χ0v) is 17.8. The molecule has 1 atom stereocenters. The quantitative estimate of drug-likeness (QED) is 0.328. The molecule has 0 aliphatic heterocycles. The molecule has 28 heavy (non-hydrogen) atoms. The number of Topliss-reactive ketones (excluding diaryl/α,β-unsaturated/α-hetero) is 1. The molecule has 0 spiro atoms. The van der Waals surface area contributed by atoms with Gasteiger partial charge >= 0.3 is 0 Å². The summed E-state index contributed by atoms with van der Waals surface area (Å²) in [4.78, 5) is 24.2. The molecule has 0 radical (unpaired) electrons. The number of hydrogen-bond acceptors (Lipinski definition) is 7. The van der Waals surface area contributed by atoms with Gasteiger partial charge in [0.25, 0.3) is 0 Å². The van der Waals surface area contributed by atoms with E-state index in [4.69, 9.17) is 9.47 Å². The first kappa shape index (κ1) is 19.2. The van der Waals surface area contributed by atoms with Gasteiger partial charge in [0.15, 0.2) is 17.3 Å². The third-order valence-electron chi connectivity index (χ3n) is 5.10. The van der Waals surface area contributed by atoms with E-state index in [0.29, 0.717) is 22.8 Å². The molecule has 0 saturated carbocycles. The maximum atomic E-state index is 12.7. The number of aryl methyl sites for hydroxylation is 1. The number of methoxy groups -OCH3 is 2. The van der Waals surface area contributed by atoms with Crippen molar-refractivity contribution in [3.05, 3.63) is 40.5 Å². The number of rotatable bonds is 6. The Kier molecular flexibility index (Phi) is 5.55. The largest absolute Gasteiger partial charge is 0.493 e. The predicted octanol–water partition coefficient (Wildman–Crippen LogP) is 4.81. The topological polar surface area (TPSA) is 61.3 Å². The van der Waals surface area contributed by atoms with Crippen molar-refractivity contribution in [2.24, 2.45) is 5.92 Å². The van der Waals surface area contributed by atoms with Crippen LogP contribution in [0.1, 0.15) is 34.1 Å². The molecular weight excluding hydrogens is 392 g/mol. The van der Waals surface area contributed by atoms with Gasteiger partial charge in [-0.15, -0.1) is 11.3 Å². The number of ketones is 1. The third kappa shape index (κ3) is 3.61. The van der Waals surface area contributed by atoms with Crippen molar-refractivity contribution in [3.8, 4) is 11.5 Å². The molecule has 4 rings (SSSR count). The molecular formula is C21H22N2O3S2. The Hall–Kier alpha value is -2.12. The normalized spacial score (nSPS) is 16.0. The molecule has 7 heteroatoms. The minimum atomic E-state index is 0.0374. The smallest absolute Gasteiger partial charge is 0.173 e. The summed E-state index contributed by atoms with van der Waals surface area (Å²) in [5, 5.41) is 2.06. The number of aromatic nitrogens is 2. The number of thiophene rings is 1. The standard InChI is InChI=1S/C21H22N2O3S2/c1-12-4-6-14-18(8-12)28-21-19(14)20(22-11-23-21)27-10-15(24)13-5-7-16(25-2)17(9-13)26-3/h5,7,9,11-12H,4,6,8,10H2,1-3H3/t12-/m0/s1. The lowest BCUT2D eigenvalue weighted by Crippen LogP contribution is -2.09. The van der Waals surface area contributed by atoms with Crippen molar-refractivity contribution in [1.29, 1.82) is 0 Å². The van der Waals surface area contributed by atoms with Crippen LogP contribution in [0.25, 0.3) is 10.2 Å². The summed E-state index contributed by atoms with van der Waals surface area (Å²) in [6, 6.07) is 5.26. The van der Waals surface area contributed by atoms with Crippen LogP contribution in [0, 0.1) is 5.92 Å². The molecule has 2 heterocycles. The second-order valence-corrected chi connectivity index (χ2v) is 9.04. The van der Waals surface area contributed by atoms with Crippen LogP contribution in [0.5, 0.6) is 11.5 Å². The Balaban J connectivity index is 1.57. The van der Waals surface area contributed by atoms with Crippen LogP contribution in [0.15, 0.2) is 29.6 Å². The van der Waals surface area contributed by atoms with Gasteiger partial charge in [0, 0.05) is 15.8 Å². The van der Waals surface area contributed by atoms with Crippen molar-refractivity contribution in [2.45, 2.75) is 31.2 Å². The molecule has 0 bridgehead atoms. The summed E-state index contributed by atoms with van der Waals surface area (Å²) >= 11 is 3.27. The van der Waals surface area contributed by atoms with Crippen LogP contribution >= 0.6 is 23.1 Å². The highest BCUT2D eigenvalue weighted by atomic mass is 32.2. The lowest BCUT2D eigenvalue weighted by Gasteiger charge is -2.18. The van der Waals surface area contributed by atoms with E-state index in [-0.39, 0.29) is 5.78 Å². The van der Waals surface area contributed by atoms with Gasteiger partial charge in [0.1, 0.15) is 16.2 Å². The van der Waals surface area contributed by atoms with E-state index < -0.39 is 0 Å². The van der Waals surface area contributed by atoms with Gasteiger partial charge in [-0.2, -0.15) is 0 Å². The van der Waals surface area contributed by atoms with E-state index in [1.54, 1.807) is 50.1 Å². The Labute approximate surface area is 172 Å². The molecule has 0 N–H and O–H groups in total. The van der Waals surface area contributed by atoms with E-state index in [1.807, 2.05) is 0 Å². The zero-order chi connectivity index (χ0) is 19.7. The summed E-state index contributed by atoms with van der Waals surface area (Å²) < 4.78 is 10.5. The second-order valence-electron chi connectivity index (χ2n) is 6.99. The number of hydrogen-bond donors (Lipinski definition) is 0. The highest BCUT2D eigenvalue weighted by molar-refractivity contribution is 8.00. The number of carbonyl (C=O) groups excluding carboxylic acids is 1. The van der Waals surface area contributed by atoms with Crippen molar-refractivity contribution < 1.29 is 14.3 Å². The van der Waals surface area contributed by atoms with Crippen molar-refractivity contribution in [3.63, 3.8) is 0 Å². The molecule has 0 fully saturated rings. The Morgan fingerprint density at radius 1 is 1.25 bits per heavy atom. The van der Waals surface area contributed by atoms with Crippen molar-refractivity contribution in [2.75, 3.05) is 20.0 Å². The summed E-state index contributed by atoms with van der Waals surface area (Å²) in [7, 11) is 3.15. The fraction of sp³-hybridized carbons (Fsp3) is 0.381. The van der Waals surface area contributed by atoms with E-state index in [0.717, 1.165) is 34.0 Å². The summed E-state index contributed by atoms with van der Waals surface area (Å²) in [6.45, 7) is 2.30. The minimum absolute atomic E-state index is 0.0374. The monoisotopic (exact) mass is 414 g/mol. The molecule has 3 aromatic rings. The maximum absolute atomic E-state index is 12.7. The molecule has 5 nitrogen and oxygen atoms in total. The van der Waals surface area contributed by atoms with Crippen LogP contribution in [-0.2, 0) is 12.8 Å². The molecule has 1 aromatic carbocycles. The average Bonchev–Trinajstić information content (AvgIpc) is 3.09. The molecule has 1 aliphatic carbocycles. The van der Waals surface area contributed by atoms with Crippen LogP contribution in [0.4, 0.5) is 0 Å². The zero-order valence-electron chi connectivity index (χ0n) is 16.2. The Bertz CT molecular complexity index is 1030. The summed E-state index contributed by atoms with van der Waals surface area (Å²) in [6.07, 6.45) is 4.99. The van der Waals surface area contributed by atoms with Crippen LogP contribution in [0.3, 0.4) is 0 Å². The first-order chi connectivity index (χ1) is 13.6. The highest BCUT2D eigenvalue weighted by Crippen LogP contribution is 2.40. The summed E-state index contributed by atoms with van der Waals surface area (Å²) in [5.74, 6) is 2.25. The number of ether oxygens (including phenoxy) is 2. The lowest BCUT2D eigenvalue weighted by molar-refractivity contribution is 0.102. The molecule has 0 saturated heterocycles. The van der Waals surface area contributed by atoms with Gasteiger partial charge in [-0.25, -0.2) is 9.97 Å². The van der Waals surface area contributed by atoms with Crippen LogP contribution < -0.4 is 9.47 Å². The molecule has 0 amide bonds. The molecule has 0 unspecified atom stereocenters. The number of benzene rings is 1. The predicted molar refractivity (Wildman–Crippen MR) is 113 cm³/mol. The second kappa shape index (κ2) is 8.09. The number of thioether (sulfide) groups is 1. The fourth-order valence-corrected chi connectivity index (χ4v) is 5.92. The maximum Gasteiger partial charge on any atom is 0.173 e. The lowest BCUT2D eigenvalue weighted by atomic mass is 9.89. The van der Waals surface area contributed by atoms with E-state index in [9.17, 15) is 4.79 Å². The molecule has 146 valence electrons. The first-order valence-corrected chi connectivity index (χ1v) is 11.0. The summed E-state index contributed by atoms with van der Waals surface area (Å²) in [5.41, 5.74) is 2.00. The van der Waals surface area contributed by atoms with Crippen molar-refractivity contribution >= 4 is 39.1 Å². The van der Waals surface area contributed by atoms with Gasteiger partial charge in [0.05, 0.1) is 20.0 Å². The molecule has 2 aromatic heterocycles. The van der Waals surface area contributed by atoms with E-state index >= 15 is 0 Å².